The number of nitrogens with one attached hydrogen (secondary N) is 2. The number of anilines is 2. The molecule has 1 aliphatic heterocycles. The topological polar surface area (TPSA) is 70.6 Å². The van der Waals surface area contributed by atoms with E-state index in [1.54, 1.807) is 19.2 Å². The van der Waals surface area contributed by atoms with Gasteiger partial charge in [-0.3, -0.25) is 4.79 Å². The molecule has 0 saturated carbocycles. The lowest BCUT2D eigenvalue weighted by molar-refractivity contribution is 0.102. The number of hydrogen-bond donors (Lipinski definition) is 3. The van der Waals surface area contributed by atoms with Crippen molar-refractivity contribution < 1.29 is 14.6 Å². The first-order valence-corrected chi connectivity index (χ1v) is 9.42. The number of aliphatic hydroxyl groups excluding tert-OH is 1. The van der Waals surface area contributed by atoms with Crippen LogP contribution in [0.3, 0.4) is 0 Å². The Kier molecular flexibility index (Phi) is 5.71. The molecule has 0 radical (unpaired) electrons. The van der Waals surface area contributed by atoms with Gasteiger partial charge in [-0.25, -0.2) is 0 Å². The van der Waals surface area contributed by atoms with Gasteiger partial charge in [0.25, 0.3) is 5.91 Å². The fourth-order valence-electron chi connectivity index (χ4n) is 3.28. The molecule has 0 bridgehead atoms. The lowest BCUT2D eigenvalue weighted by atomic mass is 9.85. The van der Waals surface area contributed by atoms with Crippen molar-refractivity contribution in [3.05, 3.63) is 53.1 Å². The molecule has 0 unspecified atom stereocenters. The van der Waals surface area contributed by atoms with E-state index in [0.29, 0.717) is 17.0 Å². The number of aryl methyl sites for hydroxylation is 1. The van der Waals surface area contributed by atoms with E-state index in [1.165, 1.54) is 5.56 Å². The average Bonchev–Trinajstić information content (AvgIpc) is 2.92. The van der Waals surface area contributed by atoms with Crippen LogP contribution >= 0.6 is 0 Å². The molecule has 0 spiro atoms. The second-order valence-electron chi connectivity index (χ2n) is 7.67. The number of carbonyl (C=O) groups is 1. The van der Waals surface area contributed by atoms with Gasteiger partial charge in [-0.1, -0.05) is 26.0 Å². The van der Waals surface area contributed by atoms with Gasteiger partial charge in [0.15, 0.2) is 0 Å². The highest BCUT2D eigenvalue weighted by molar-refractivity contribution is 6.05. The van der Waals surface area contributed by atoms with Crippen molar-refractivity contribution in [3.8, 4) is 5.75 Å². The van der Waals surface area contributed by atoms with E-state index < -0.39 is 0 Å². The summed E-state index contributed by atoms with van der Waals surface area (Å²) in [5, 5.41) is 15.9. The second kappa shape index (κ2) is 8.01. The fraction of sp³-hybridized carbons (Fsp3) is 0.409. The van der Waals surface area contributed by atoms with Gasteiger partial charge in [-0.2, -0.15) is 0 Å². The third-order valence-electron chi connectivity index (χ3n) is 5.19. The minimum absolute atomic E-state index is 0.0545. The van der Waals surface area contributed by atoms with Crippen molar-refractivity contribution in [1.82, 2.24) is 0 Å². The Morgan fingerprint density at radius 3 is 2.63 bits per heavy atom. The Balaban J connectivity index is 1.82. The molecule has 0 fully saturated rings. The van der Waals surface area contributed by atoms with Gasteiger partial charge in [0.05, 0.1) is 19.4 Å². The minimum atomic E-state index is -0.331. The maximum absolute atomic E-state index is 12.7. The van der Waals surface area contributed by atoms with Gasteiger partial charge in [0.2, 0.25) is 0 Å². The first-order chi connectivity index (χ1) is 12.9. The highest BCUT2D eigenvalue weighted by Gasteiger charge is 2.20. The number of benzene rings is 2. The minimum Gasteiger partial charge on any atom is -0.494 e. The summed E-state index contributed by atoms with van der Waals surface area (Å²) in [6, 6.07) is 11.3. The monoisotopic (exact) mass is 368 g/mol. The summed E-state index contributed by atoms with van der Waals surface area (Å²) in [6.45, 7) is 4.95. The second-order valence-corrected chi connectivity index (χ2v) is 7.67. The Morgan fingerprint density at radius 1 is 1.22 bits per heavy atom. The third kappa shape index (κ3) is 4.25. The maximum Gasteiger partial charge on any atom is 0.255 e. The maximum atomic E-state index is 12.7. The Hall–Kier alpha value is -2.53. The van der Waals surface area contributed by atoms with E-state index in [-0.39, 0.29) is 17.9 Å². The number of aliphatic hydroxyl groups is 1. The van der Waals surface area contributed by atoms with Gasteiger partial charge >= 0.3 is 0 Å². The van der Waals surface area contributed by atoms with E-state index in [9.17, 15) is 9.90 Å². The first kappa shape index (κ1) is 19.2. The predicted molar refractivity (Wildman–Crippen MR) is 109 cm³/mol. The van der Waals surface area contributed by atoms with Crippen LogP contribution in [0.25, 0.3) is 0 Å². The number of ether oxygens (including phenoxy) is 1. The molecule has 0 atom stereocenters. The first-order valence-electron chi connectivity index (χ1n) is 9.42. The van der Waals surface area contributed by atoms with Crippen LogP contribution in [0.2, 0.25) is 0 Å². The van der Waals surface area contributed by atoms with Gasteiger partial charge < -0.3 is 20.5 Å². The number of carbonyl (C=O) groups excluding carboxylic acids is 1. The highest BCUT2D eigenvalue weighted by Crippen LogP contribution is 2.34. The molecule has 144 valence electrons. The molecule has 3 N–H and O–H groups in total. The van der Waals surface area contributed by atoms with Crippen LogP contribution < -0.4 is 15.4 Å². The van der Waals surface area contributed by atoms with Crippen molar-refractivity contribution in [2.24, 2.45) is 0 Å². The SMILES string of the molecule is COc1cc2c(cc1NC(=O)c1ccc(C(C)(C)CO)cc1)CCCCN2. The van der Waals surface area contributed by atoms with Gasteiger partial charge in [0, 0.05) is 29.3 Å². The lowest BCUT2D eigenvalue weighted by Gasteiger charge is -2.22. The molecule has 1 heterocycles. The van der Waals surface area contributed by atoms with Crippen molar-refractivity contribution in [2.75, 3.05) is 30.9 Å². The molecule has 2 aromatic rings. The van der Waals surface area contributed by atoms with Crippen LogP contribution in [0.4, 0.5) is 11.4 Å². The Labute approximate surface area is 160 Å². The molecule has 1 aliphatic rings. The molecule has 5 nitrogen and oxygen atoms in total. The quantitative estimate of drug-likeness (QED) is 0.747. The van der Waals surface area contributed by atoms with Crippen LogP contribution in [-0.2, 0) is 11.8 Å². The summed E-state index contributed by atoms with van der Waals surface area (Å²) < 4.78 is 5.48. The van der Waals surface area contributed by atoms with Crippen molar-refractivity contribution in [3.63, 3.8) is 0 Å². The summed E-state index contributed by atoms with van der Waals surface area (Å²) >= 11 is 0. The van der Waals surface area contributed by atoms with Crippen molar-refractivity contribution in [2.45, 2.75) is 38.5 Å². The largest absolute Gasteiger partial charge is 0.494 e. The van der Waals surface area contributed by atoms with E-state index in [0.717, 1.165) is 37.1 Å². The van der Waals surface area contributed by atoms with E-state index >= 15 is 0 Å². The third-order valence-corrected chi connectivity index (χ3v) is 5.19. The number of methoxy groups -OCH3 is 1. The highest BCUT2D eigenvalue weighted by atomic mass is 16.5. The van der Waals surface area contributed by atoms with Crippen molar-refractivity contribution in [1.29, 1.82) is 0 Å². The summed E-state index contributed by atoms with van der Waals surface area (Å²) in [5.41, 5.74) is 4.20. The van der Waals surface area contributed by atoms with Crippen LogP contribution in [0.15, 0.2) is 36.4 Å². The van der Waals surface area contributed by atoms with E-state index in [1.807, 2.05) is 38.1 Å². The van der Waals surface area contributed by atoms with Crippen LogP contribution in [0.1, 0.15) is 48.2 Å². The molecule has 1 amide bonds. The average molecular weight is 368 g/mol. The number of fused-ring (bicyclic) bond motifs is 1. The lowest BCUT2D eigenvalue weighted by Crippen LogP contribution is -2.22. The summed E-state index contributed by atoms with van der Waals surface area (Å²) in [4.78, 5) is 12.7. The molecule has 2 aromatic carbocycles. The molecule has 27 heavy (non-hydrogen) atoms. The molecular weight excluding hydrogens is 340 g/mol. The van der Waals surface area contributed by atoms with E-state index in [4.69, 9.17) is 4.74 Å². The Bertz CT molecular complexity index is 813. The molecule has 3 rings (SSSR count). The molecule has 5 heteroatoms. The molecule has 0 saturated heterocycles. The van der Waals surface area contributed by atoms with Crippen LogP contribution in [-0.4, -0.2) is 31.3 Å². The summed E-state index contributed by atoms with van der Waals surface area (Å²) in [5.74, 6) is 0.470. The Morgan fingerprint density at radius 2 is 1.96 bits per heavy atom. The predicted octanol–water partition coefficient (Wildman–Crippen LogP) is 3.97. The van der Waals surface area contributed by atoms with Crippen LogP contribution in [0, 0.1) is 0 Å². The van der Waals surface area contributed by atoms with Crippen molar-refractivity contribution >= 4 is 17.3 Å². The molecule has 0 aromatic heterocycles. The molecule has 0 aliphatic carbocycles. The zero-order chi connectivity index (χ0) is 19.4. The fourth-order valence-corrected chi connectivity index (χ4v) is 3.28. The summed E-state index contributed by atoms with van der Waals surface area (Å²) in [7, 11) is 1.61. The normalized spacial score (nSPS) is 13.9. The van der Waals surface area contributed by atoms with E-state index in [2.05, 4.69) is 10.6 Å². The standard InChI is InChI=1S/C22H28N2O3/c1-22(2,14-25)17-9-7-15(8-10-17)21(26)24-19-12-16-6-4-5-11-23-18(16)13-20(19)27-3/h7-10,12-13,23,25H,4-6,11,14H2,1-3H3,(H,24,26). The zero-order valence-corrected chi connectivity index (χ0v) is 16.3. The van der Waals surface area contributed by atoms with Crippen LogP contribution in [0.5, 0.6) is 5.75 Å². The van der Waals surface area contributed by atoms with Gasteiger partial charge in [0.1, 0.15) is 5.75 Å². The summed E-state index contributed by atoms with van der Waals surface area (Å²) in [6.07, 6.45) is 3.25. The van der Waals surface area contributed by atoms with Gasteiger partial charge in [-0.15, -0.1) is 0 Å². The molecular formula is C22H28N2O3. The van der Waals surface area contributed by atoms with Gasteiger partial charge in [-0.05, 0) is 48.6 Å². The number of amides is 1. The number of rotatable bonds is 5. The zero-order valence-electron chi connectivity index (χ0n) is 16.3. The number of hydrogen-bond acceptors (Lipinski definition) is 4. The smallest absolute Gasteiger partial charge is 0.255 e.